The van der Waals surface area contributed by atoms with Gasteiger partial charge in [-0.05, 0) is 52.6 Å². The second-order valence-electron chi connectivity index (χ2n) is 12.0. The molecule has 0 atom stereocenters. The SMILES string of the molecule is c1ccc(-c2nc(-c3ccccc3)nc(-c3cc4cc5c(cc4o3)-c3ccccc3C53c4ccccc4Oc4ccccc43)n2)cc1. The van der Waals surface area contributed by atoms with E-state index in [1.807, 2.05) is 72.8 Å². The van der Waals surface area contributed by atoms with E-state index in [9.17, 15) is 0 Å². The van der Waals surface area contributed by atoms with Crippen LogP contribution in [0.1, 0.15) is 22.3 Å². The van der Waals surface area contributed by atoms with Crippen molar-refractivity contribution in [3.8, 4) is 57.0 Å². The van der Waals surface area contributed by atoms with Gasteiger partial charge in [-0.3, -0.25) is 0 Å². The fraction of sp³-hybridized carbons (Fsp3) is 0.0238. The fourth-order valence-electron chi connectivity index (χ4n) is 7.41. The molecular formula is C42H25N3O2. The van der Waals surface area contributed by atoms with Crippen LogP contribution >= 0.6 is 0 Å². The maximum absolute atomic E-state index is 6.61. The molecule has 10 rings (SSSR count). The van der Waals surface area contributed by atoms with E-state index in [4.69, 9.17) is 24.1 Å². The lowest BCUT2D eigenvalue weighted by Crippen LogP contribution is -2.32. The molecule has 2 aliphatic rings. The average molecular weight is 604 g/mol. The van der Waals surface area contributed by atoms with Gasteiger partial charge in [-0.25, -0.2) is 15.0 Å². The first-order chi connectivity index (χ1) is 23.3. The smallest absolute Gasteiger partial charge is 0.199 e. The second kappa shape index (κ2) is 9.83. The zero-order valence-corrected chi connectivity index (χ0v) is 25.1. The van der Waals surface area contributed by atoms with E-state index in [2.05, 4.69) is 78.9 Å². The van der Waals surface area contributed by atoms with E-state index in [0.717, 1.165) is 50.3 Å². The Hall–Kier alpha value is -6.33. The van der Waals surface area contributed by atoms with Crippen molar-refractivity contribution >= 4 is 11.0 Å². The summed E-state index contributed by atoms with van der Waals surface area (Å²) in [5.74, 6) is 4.02. The number of benzene rings is 6. The number of aromatic nitrogens is 3. The van der Waals surface area contributed by atoms with Gasteiger partial charge in [0.2, 0.25) is 0 Å². The Kier molecular flexibility index (Phi) is 5.43. The van der Waals surface area contributed by atoms with Gasteiger partial charge in [-0.2, -0.15) is 0 Å². The van der Waals surface area contributed by atoms with E-state index < -0.39 is 5.41 Å². The van der Waals surface area contributed by atoms with Crippen LogP contribution in [0.25, 0.3) is 56.5 Å². The van der Waals surface area contributed by atoms with Crippen LogP contribution in [0.5, 0.6) is 11.5 Å². The van der Waals surface area contributed by atoms with Crippen molar-refractivity contribution in [3.63, 3.8) is 0 Å². The Labute approximate surface area is 270 Å². The summed E-state index contributed by atoms with van der Waals surface area (Å²) < 4.78 is 13.1. The summed E-state index contributed by atoms with van der Waals surface area (Å²) in [7, 11) is 0. The molecule has 8 aromatic rings. The molecule has 220 valence electrons. The Morgan fingerprint density at radius 1 is 0.426 bits per heavy atom. The van der Waals surface area contributed by atoms with E-state index in [1.165, 1.54) is 16.7 Å². The minimum absolute atomic E-state index is 0.492. The molecule has 5 heteroatoms. The molecule has 0 saturated carbocycles. The molecule has 3 heterocycles. The number of furan rings is 1. The minimum atomic E-state index is -0.545. The molecule has 1 aliphatic heterocycles. The molecule has 0 fully saturated rings. The highest BCUT2D eigenvalue weighted by molar-refractivity contribution is 5.96. The Balaban J connectivity index is 1.22. The zero-order valence-electron chi connectivity index (χ0n) is 25.1. The van der Waals surface area contributed by atoms with Gasteiger partial charge in [0.25, 0.3) is 0 Å². The standard InChI is InChI=1S/C42H25N3O2/c1-3-13-26(14-4-1)39-43-40(27-15-5-2-6-16-27)45-41(44-39)38-24-28-23-34-30(25-37(28)47-38)29-17-7-8-18-31(29)42(34)32-19-9-11-21-35(32)46-36-22-12-10-20-33(36)42/h1-25H. The third kappa shape index (κ3) is 3.74. The average Bonchev–Trinajstić information content (AvgIpc) is 3.69. The highest BCUT2D eigenvalue weighted by Crippen LogP contribution is 2.62. The molecule has 1 aliphatic carbocycles. The van der Waals surface area contributed by atoms with E-state index in [0.29, 0.717) is 23.2 Å². The predicted molar refractivity (Wildman–Crippen MR) is 183 cm³/mol. The van der Waals surface area contributed by atoms with Gasteiger partial charge in [-0.15, -0.1) is 0 Å². The summed E-state index contributed by atoms with van der Waals surface area (Å²) in [4.78, 5) is 14.7. The van der Waals surface area contributed by atoms with E-state index in [1.54, 1.807) is 0 Å². The number of fused-ring (bicyclic) bond motifs is 10. The molecule has 0 saturated heterocycles. The summed E-state index contributed by atoms with van der Waals surface area (Å²) in [6.45, 7) is 0. The Morgan fingerprint density at radius 3 is 1.60 bits per heavy atom. The highest BCUT2D eigenvalue weighted by atomic mass is 16.5. The first-order valence-corrected chi connectivity index (χ1v) is 15.7. The number of hydrogen-bond acceptors (Lipinski definition) is 5. The maximum atomic E-state index is 6.61. The first-order valence-electron chi connectivity index (χ1n) is 15.7. The van der Waals surface area contributed by atoms with Gasteiger partial charge < -0.3 is 9.15 Å². The molecule has 0 radical (unpaired) electrons. The minimum Gasteiger partial charge on any atom is -0.457 e. The normalized spacial score (nSPS) is 13.4. The van der Waals surface area contributed by atoms with Gasteiger partial charge in [0, 0.05) is 27.6 Å². The monoisotopic (exact) mass is 603 g/mol. The summed E-state index contributed by atoms with van der Waals surface area (Å²) in [6, 6.07) is 52.0. The van der Waals surface area contributed by atoms with Crippen LogP contribution in [0, 0.1) is 0 Å². The quantitative estimate of drug-likeness (QED) is 0.201. The van der Waals surface area contributed by atoms with Crippen LogP contribution in [0.2, 0.25) is 0 Å². The lowest BCUT2D eigenvalue weighted by Gasteiger charge is -2.39. The molecule has 0 bridgehead atoms. The highest BCUT2D eigenvalue weighted by Gasteiger charge is 2.51. The molecular weight excluding hydrogens is 578 g/mol. The summed E-state index contributed by atoms with van der Waals surface area (Å²) >= 11 is 0. The fourth-order valence-corrected chi connectivity index (χ4v) is 7.41. The third-order valence-electron chi connectivity index (χ3n) is 9.40. The van der Waals surface area contributed by atoms with E-state index in [-0.39, 0.29) is 0 Å². The largest absolute Gasteiger partial charge is 0.457 e. The Morgan fingerprint density at radius 2 is 0.957 bits per heavy atom. The lowest BCUT2D eigenvalue weighted by atomic mass is 9.66. The molecule has 2 aromatic heterocycles. The number of ether oxygens (including phenoxy) is 1. The lowest BCUT2D eigenvalue weighted by molar-refractivity contribution is 0.436. The van der Waals surface area contributed by atoms with Crippen molar-refractivity contribution in [2.45, 2.75) is 5.41 Å². The molecule has 0 N–H and O–H groups in total. The van der Waals surface area contributed by atoms with Crippen LogP contribution < -0.4 is 4.74 Å². The number of rotatable bonds is 3. The third-order valence-corrected chi connectivity index (χ3v) is 9.40. The van der Waals surface area contributed by atoms with Crippen molar-refractivity contribution in [1.82, 2.24) is 15.0 Å². The maximum Gasteiger partial charge on any atom is 0.199 e. The van der Waals surface area contributed by atoms with Gasteiger partial charge in [-0.1, -0.05) is 121 Å². The zero-order chi connectivity index (χ0) is 31.0. The van der Waals surface area contributed by atoms with Crippen molar-refractivity contribution in [2.24, 2.45) is 0 Å². The van der Waals surface area contributed by atoms with Gasteiger partial charge in [0.15, 0.2) is 23.2 Å². The molecule has 1 spiro atoms. The molecule has 47 heavy (non-hydrogen) atoms. The van der Waals surface area contributed by atoms with Crippen LogP contribution in [0.3, 0.4) is 0 Å². The number of nitrogens with zero attached hydrogens (tertiary/aromatic N) is 3. The Bertz CT molecular complexity index is 2400. The van der Waals surface area contributed by atoms with Crippen molar-refractivity contribution in [2.75, 3.05) is 0 Å². The summed E-state index contributed by atoms with van der Waals surface area (Å²) in [5.41, 5.74) is 9.10. The van der Waals surface area contributed by atoms with Crippen molar-refractivity contribution in [3.05, 3.63) is 174 Å². The first kappa shape index (κ1) is 25.9. The van der Waals surface area contributed by atoms with E-state index >= 15 is 0 Å². The van der Waals surface area contributed by atoms with Gasteiger partial charge >= 0.3 is 0 Å². The molecule has 5 nitrogen and oxygen atoms in total. The second-order valence-corrected chi connectivity index (χ2v) is 12.0. The van der Waals surface area contributed by atoms with Gasteiger partial charge in [0.1, 0.15) is 17.1 Å². The molecule has 0 amide bonds. The van der Waals surface area contributed by atoms with Crippen LogP contribution in [-0.4, -0.2) is 15.0 Å². The summed E-state index contributed by atoms with van der Waals surface area (Å²) in [5, 5.41) is 0.982. The topological polar surface area (TPSA) is 61.0 Å². The van der Waals surface area contributed by atoms with Crippen LogP contribution in [0.15, 0.2) is 156 Å². The summed E-state index contributed by atoms with van der Waals surface area (Å²) in [6.07, 6.45) is 0. The number of para-hydroxylation sites is 2. The van der Waals surface area contributed by atoms with Crippen molar-refractivity contribution in [1.29, 1.82) is 0 Å². The van der Waals surface area contributed by atoms with Crippen LogP contribution in [0.4, 0.5) is 0 Å². The predicted octanol–water partition coefficient (Wildman–Crippen LogP) is 10.1. The van der Waals surface area contributed by atoms with Crippen LogP contribution in [-0.2, 0) is 5.41 Å². The molecule has 0 unspecified atom stereocenters. The number of hydrogen-bond donors (Lipinski definition) is 0. The van der Waals surface area contributed by atoms with Gasteiger partial charge in [0.05, 0.1) is 5.41 Å². The molecule has 6 aromatic carbocycles. The van der Waals surface area contributed by atoms with Crippen molar-refractivity contribution < 1.29 is 9.15 Å².